The lowest BCUT2D eigenvalue weighted by Crippen LogP contribution is -2.07. The van der Waals surface area contributed by atoms with Crippen LogP contribution in [0.2, 0.25) is 0 Å². The molecule has 0 radical (unpaired) electrons. The number of benzene rings is 1. The number of rotatable bonds is 3. The summed E-state index contributed by atoms with van der Waals surface area (Å²) in [4.78, 5) is 4.68. The van der Waals surface area contributed by atoms with Crippen molar-refractivity contribution in [2.45, 2.75) is 39.0 Å². The normalized spacial score (nSPS) is 24.7. The third-order valence-corrected chi connectivity index (χ3v) is 5.05. The predicted octanol–water partition coefficient (Wildman–Crippen LogP) is 4.98. The minimum atomic E-state index is 0.333. The van der Waals surface area contributed by atoms with Crippen LogP contribution in [0.3, 0.4) is 0 Å². The van der Waals surface area contributed by atoms with E-state index in [1.54, 1.807) is 0 Å². The molecule has 0 spiro atoms. The van der Waals surface area contributed by atoms with Gasteiger partial charge in [-0.2, -0.15) is 0 Å². The maximum absolute atomic E-state index is 4.68. The van der Waals surface area contributed by atoms with Crippen LogP contribution >= 0.6 is 15.9 Å². The fraction of sp³-hybridized carbons (Fsp3) is 0.389. The second kappa shape index (κ2) is 5.00. The van der Waals surface area contributed by atoms with Crippen LogP contribution in [0.5, 0.6) is 0 Å². The van der Waals surface area contributed by atoms with Gasteiger partial charge in [-0.05, 0) is 73.4 Å². The van der Waals surface area contributed by atoms with Crippen LogP contribution in [-0.4, -0.2) is 4.98 Å². The topological polar surface area (TPSA) is 12.9 Å². The summed E-state index contributed by atoms with van der Waals surface area (Å²) in [6.07, 6.45) is 2.36. The van der Waals surface area contributed by atoms with Crippen LogP contribution in [0.25, 0.3) is 0 Å². The van der Waals surface area contributed by atoms with Crippen molar-refractivity contribution in [2.24, 2.45) is 5.92 Å². The first-order valence-electron chi connectivity index (χ1n) is 7.17. The van der Waals surface area contributed by atoms with E-state index >= 15 is 0 Å². The highest BCUT2D eigenvalue weighted by Gasteiger charge is 2.50. The maximum atomic E-state index is 4.68. The zero-order valence-corrected chi connectivity index (χ0v) is 13.9. The first-order valence-corrected chi connectivity index (χ1v) is 7.97. The minimum absolute atomic E-state index is 0.333. The SMILES string of the molecule is Cc1cc(C)nc(C[C@@H]2C[C@@]2(C)c2ccc(Br)cc2)c1. The molecular weight excluding hydrogens is 310 g/mol. The van der Waals surface area contributed by atoms with E-state index in [0.717, 1.165) is 22.5 Å². The standard InChI is InChI=1S/C18H20BrN/c1-12-8-13(2)20-17(9-12)10-15-11-18(15,3)14-4-6-16(19)7-5-14/h4-9,15H,10-11H2,1-3H3/t15-,18+/m1/s1. The molecule has 2 aromatic rings. The Morgan fingerprint density at radius 1 is 1.20 bits per heavy atom. The molecule has 2 heteroatoms. The van der Waals surface area contributed by atoms with Gasteiger partial charge in [-0.1, -0.05) is 35.0 Å². The highest BCUT2D eigenvalue weighted by atomic mass is 79.9. The minimum Gasteiger partial charge on any atom is -0.258 e. The highest BCUT2D eigenvalue weighted by molar-refractivity contribution is 9.10. The van der Waals surface area contributed by atoms with Crippen molar-refractivity contribution in [3.63, 3.8) is 0 Å². The zero-order chi connectivity index (χ0) is 14.3. The van der Waals surface area contributed by atoms with Crippen molar-refractivity contribution < 1.29 is 0 Å². The third kappa shape index (κ3) is 2.67. The second-order valence-corrected chi connectivity index (χ2v) is 7.22. The summed E-state index contributed by atoms with van der Waals surface area (Å²) >= 11 is 3.51. The molecule has 1 aliphatic rings. The summed E-state index contributed by atoms with van der Waals surface area (Å²) in [5.41, 5.74) is 5.48. The fourth-order valence-corrected chi connectivity index (χ4v) is 3.48. The Balaban J connectivity index is 1.76. The summed E-state index contributed by atoms with van der Waals surface area (Å²) in [6.45, 7) is 6.61. The second-order valence-electron chi connectivity index (χ2n) is 6.31. The van der Waals surface area contributed by atoms with E-state index in [0.29, 0.717) is 5.41 Å². The lowest BCUT2D eigenvalue weighted by molar-refractivity contribution is 0.647. The molecule has 1 aromatic heterocycles. The Morgan fingerprint density at radius 3 is 2.55 bits per heavy atom. The van der Waals surface area contributed by atoms with Crippen LogP contribution < -0.4 is 0 Å². The van der Waals surface area contributed by atoms with Gasteiger partial charge in [0, 0.05) is 15.9 Å². The van der Waals surface area contributed by atoms with E-state index < -0.39 is 0 Å². The third-order valence-electron chi connectivity index (χ3n) is 4.52. The van der Waals surface area contributed by atoms with E-state index in [1.165, 1.54) is 23.2 Å². The van der Waals surface area contributed by atoms with Gasteiger partial charge in [0.05, 0.1) is 0 Å². The maximum Gasteiger partial charge on any atom is 0.0412 e. The molecular formula is C18H20BrN. The molecule has 1 nitrogen and oxygen atoms in total. The Labute approximate surface area is 129 Å². The van der Waals surface area contributed by atoms with E-state index in [1.807, 2.05) is 0 Å². The lowest BCUT2D eigenvalue weighted by Gasteiger charge is -2.12. The molecule has 0 saturated heterocycles. The van der Waals surface area contributed by atoms with Crippen LogP contribution in [0, 0.1) is 19.8 Å². The molecule has 0 N–H and O–H groups in total. The molecule has 0 aliphatic heterocycles. The van der Waals surface area contributed by atoms with Crippen molar-refractivity contribution in [1.29, 1.82) is 0 Å². The van der Waals surface area contributed by atoms with Crippen molar-refractivity contribution in [2.75, 3.05) is 0 Å². The first-order chi connectivity index (χ1) is 9.47. The van der Waals surface area contributed by atoms with E-state index in [2.05, 4.69) is 78.1 Å². The molecule has 1 aliphatic carbocycles. The number of hydrogen-bond donors (Lipinski definition) is 0. The molecule has 1 aromatic carbocycles. The largest absolute Gasteiger partial charge is 0.258 e. The summed E-state index contributed by atoms with van der Waals surface area (Å²) in [6, 6.07) is 13.2. The number of aryl methyl sites for hydroxylation is 2. The monoisotopic (exact) mass is 329 g/mol. The van der Waals surface area contributed by atoms with Crippen LogP contribution in [-0.2, 0) is 11.8 Å². The average molecular weight is 330 g/mol. The van der Waals surface area contributed by atoms with Crippen molar-refractivity contribution in [3.8, 4) is 0 Å². The summed E-state index contributed by atoms with van der Waals surface area (Å²) in [7, 11) is 0. The predicted molar refractivity (Wildman–Crippen MR) is 87.0 cm³/mol. The van der Waals surface area contributed by atoms with Crippen LogP contribution in [0.15, 0.2) is 40.9 Å². The van der Waals surface area contributed by atoms with Gasteiger partial charge in [-0.3, -0.25) is 4.98 Å². The van der Waals surface area contributed by atoms with Crippen molar-refractivity contribution in [3.05, 3.63) is 63.4 Å². The van der Waals surface area contributed by atoms with Crippen molar-refractivity contribution in [1.82, 2.24) is 4.98 Å². The summed E-state index contributed by atoms with van der Waals surface area (Å²) in [5.74, 6) is 0.720. The molecule has 2 atom stereocenters. The Bertz CT molecular complexity index is 612. The molecule has 0 amide bonds. The fourth-order valence-electron chi connectivity index (χ4n) is 3.22. The highest BCUT2D eigenvalue weighted by Crippen LogP contribution is 2.55. The smallest absolute Gasteiger partial charge is 0.0412 e. The molecule has 1 saturated carbocycles. The molecule has 20 heavy (non-hydrogen) atoms. The van der Waals surface area contributed by atoms with Gasteiger partial charge in [-0.25, -0.2) is 0 Å². The van der Waals surface area contributed by atoms with Crippen LogP contribution in [0.4, 0.5) is 0 Å². The van der Waals surface area contributed by atoms with E-state index in [9.17, 15) is 0 Å². The summed E-state index contributed by atoms with van der Waals surface area (Å²) in [5, 5.41) is 0. The number of aromatic nitrogens is 1. The molecule has 0 bridgehead atoms. The number of pyridine rings is 1. The number of halogens is 1. The van der Waals surface area contributed by atoms with E-state index in [4.69, 9.17) is 0 Å². The van der Waals surface area contributed by atoms with Crippen molar-refractivity contribution >= 4 is 15.9 Å². The van der Waals surface area contributed by atoms with Gasteiger partial charge in [0.25, 0.3) is 0 Å². The molecule has 3 rings (SSSR count). The van der Waals surface area contributed by atoms with Gasteiger partial charge < -0.3 is 0 Å². The molecule has 1 heterocycles. The van der Waals surface area contributed by atoms with E-state index in [-0.39, 0.29) is 0 Å². The number of nitrogens with zero attached hydrogens (tertiary/aromatic N) is 1. The Hall–Kier alpha value is -1.15. The van der Waals surface area contributed by atoms with Gasteiger partial charge in [0.1, 0.15) is 0 Å². The molecule has 1 fully saturated rings. The molecule has 104 valence electrons. The first kappa shape index (κ1) is 13.8. The van der Waals surface area contributed by atoms with Gasteiger partial charge in [0.2, 0.25) is 0 Å². The van der Waals surface area contributed by atoms with Crippen LogP contribution in [0.1, 0.15) is 35.9 Å². The van der Waals surface area contributed by atoms with Gasteiger partial charge >= 0.3 is 0 Å². The Kier molecular flexibility index (Phi) is 3.45. The quantitative estimate of drug-likeness (QED) is 0.773. The van der Waals surface area contributed by atoms with Gasteiger partial charge in [0.15, 0.2) is 0 Å². The lowest BCUT2D eigenvalue weighted by atomic mass is 9.94. The summed E-state index contributed by atoms with van der Waals surface area (Å²) < 4.78 is 1.15. The van der Waals surface area contributed by atoms with Gasteiger partial charge in [-0.15, -0.1) is 0 Å². The zero-order valence-electron chi connectivity index (χ0n) is 12.3. The molecule has 0 unspecified atom stereocenters. The number of hydrogen-bond acceptors (Lipinski definition) is 1. The Morgan fingerprint density at radius 2 is 1.90 bits per heavy atom. The average Bonchev–Trinajstić information content (AvgIpc) is 3.00.